The van der Waals surface area contributed by atoms with E-state index in [1.54, 1.807) is 25.3 Å². The van der Waals surface area contributed by atoms with Gasteiger partial charge in [-0.05, 0) is 31.5 Å². The van der Waals surface area contributed by atoms with Gasteiger partial charge in [0.2, 0.25) is 0 Å². The van der Waals surface area contributed by atoms with Gasteiger partial charge in [-0.3, -0.25) is 15.1 Å². The predicted molar refractivity (Wildman–Crippen MR) is 62.9 cm³/mol. The molecule has 4 nitrogen and oxygen atoms in total. The zero-order valence-corrected chi connectivity index (χ0v) is 9.58. The van der Waals surface area contributed by atoms with Crippen molar-refractivity contribution in [3.8, 4) is 0 Å². The fourth-order valence-electron chi connectivity index (χ4n) is 1.86. The Morgan fingerprint density at radius 2 is 2.06 bits per heavy atom. The third kappa shape index (κ3) is 1.51. The van der Waals surface area contributed by atoms with Gasteiger partial charge in [-0.25, -0.2) is 0 Å². The number of pyridine rings is 1. The largest absolute Gasteiger partial charge is 0.283 e. The van der Waals surface area contributed by atoms with Crippen molar-refractivity contribution < 1.29 is 4.92 Å². The van der Waals surface area contributed by atoms with E-state index in [1.807, 2.05) is 6.92 Å². The van der Waals surface area contributed by atoms with Crippen molar-refractivity contribution in [2.45, 2.75) is 13.8 Å². The van der Waals surface area contributed by atoms with Crippen LogP contribution in [0, 0.1) is 24.0 Å². The third-order valence-corrected chi connectivity index (χ3v) is 2.81. The maximum absolute atomic E-state index is 11.0. The number of hydrogen-bond acceptors (Lipinski definition) is 3. The van der Waals surface area contributed by atoms with Gasteiger partial charge in [-0.15, -0.1) is 0 Å². The Balaban J connectivity index is 3.04. The lowest BCUT2D eigenvalue weighted by molar-refractivity contribution is -0.383. The lowest BCUT2D eigenvalue weighted by Gasteiger charge is -2.06. The molecule has 1 heterocycles. The number of fused-ring (bicyclic) bond motifs is 1. The Labute approximate surface area is 97.0 Å². The molecule has 5 heteroatoms. The minimum Gasteiger partial charge on any atom is -0.258 e. The molecule has 0 fully saturated rings. The van der Waals surface area contributed by atoms with E-state index in [0.717, 1.165) is 5.56 Å². The van der Waals surface area contributed by atoms with Crippen molar-refractivity contribution in [3.63, 3.8) is 0 Å². The summed E-state index contributed by atoms with van der Waals surface area (Å²) in [5.41, 5.74) is 2.12. The summed E-state index contributed by atoms with van der Waals surface area (Å²) < 4.78 is 0. The molecule has 0 atom stereocenters. The summed E-state index contributed by atoms with van der Waals surface area (Å²) in [6.45, 7) is 3.57. The minimum atomic E-state index is -0.412. The van der Waals surface area contributed by atoms with E-state index in [4.69, 9.17) is 11.6 Å². The summed E-state index contributed by atoms with van der Waals surface area (Å²) in [4.78, 5) is 14.7. The Morgan fingerprint density at radius 3 is 2.69 bits per heavy atom. The van der Waals surface area contributed by atoms with Crippen molar-refractivity contribution in [3.05, 3.63) is 44.6 Å². The number of nitro groups is 1. The average molecular weight is 237 g/mol. The molecule has 0 N–H and O–H groups in total. The SMILES string of the molecule is Cc1cc(C)c2nccc(Cl)c2c1[N+](=O)[O-]. The van der Waals surface area contributed by atoms with E-state index < -0.39 is 4.92 Å². The van der Waals surface area contributed by atoms with Gasteiger partial charge in [0.05, 0.1) is 20.8 Å². The van der Waals surface area contributed by atoms with Crippen LogP contribution in [0.4, 0.5) is 5.69 Å². The number of hydrogen-bond donors (Lipinski definition) is 0. The summed E-state index contributed by atoms with van der Waals surface area (Å²) in [5, 5.41) is 11.8. The summed E-state index contributed by atoms with van der Waals surface area (Å²) >= 11 is 6.01. The van der Waals surface area contributed by atoms with Gasteiger partial charge in [-0.2, -0.15) is 0 Å². The molecule has 2 aromatic rings. The molecule has 0 bridgehead atoms. The first-order valence-corrected chi connectivity index (χ1v) is 5.09. The van der Waals surface area contributed by atoms with Gasteiger partial charge in [0.15, 0.2) is 0 Å². The second-order valence-corrected chi connectivity index (χ2v) is 4.04. The standard InChI is InChI=1S/C11H9ClN2O2/c1-6-5-7(2)11(14(15)16)9-8(12)3-4-13-10(6)9/h3-5H,1-2H3. The molecule has 2 rings (SSSR count). The molecule has 0 radical (unpaired) electrons. The van der Waals surface area contributed by atoms with E-state index in [9.17, 15) is 10.1 Å². The summed E-state index contributed by atoms with van der Waals surface area (Å²) in [5.74, 6) is 0. The van der Waals surface area contributed by atoms with Gasteiger partial charge in [-0.1, -0.05) is 11.6 Å². The maximum Gasteiger partial charge on any atom is 0.283 e. The van der Waals surface area contributed by atoms with Crippen LogP contribution in [0.3, 0.4) is 0 Å². The van der Waals surface area contributed by atoms with Crippen LogP contribution in [-0.2, 0) is 0 Å². The second kappa shape index (κ2) is 3.72. The van der Waals surface area contributed by atoms with Crippen molar-refractivity contribution in [2.75, 3.05) is 0 Å². The highest BCUT2D eigenvalue weighted by molar-refractivity contribution is 6.36. The molecule has 0 aliphatic rings. The number of rotatable bonds is 1. The van der Waals surface area contributed by atoms with Crippen molar-refractivity contribution >= 4 is 28.2 Å². The van der Waals surface area contributed by atoms with Crippen LogP contribution in [0.15, 0.2) is 18.3 Å². The summed E-state index contributed by atoms with van der Waals surface area (Å²) in [6.07, 6.45) is 1.55. The molecule has 16 heavy (non-hydrogen) atoms. The monoisotopic (exact) mass is 236 g/mol. The highest BCUT2D eigenvalue weighted by atomic mass is 35.5. The molecule has 0 unspecified atom stereocenters. The fraction of sp³-hybridized carbons (Fsp3) is 0.182. The normalized spacial score (nSPS) is 10.7. The molecule has 0 aliphatic heterocycles. The van der Waals surface area contributed by atoms with Crippen molar-refractivity contribution in [1.29, 1.82) is 0 Å². The number of aromatic nitrogens is 1. The van der Waals surface area contributed by atoms with Crippen LogP contribution >= 0.6 is 11.6 Å². The summed E-state index contributed by atoms with van der Waals surface area (Å²) in [6, 6.07) is 3.32. The van der Waals surface area contributed by atoms with E-state index in [1.165, 1.54) is 0 Å². The fourth-order valence-corrected chi connectivity index (χ4v) is 2.09. The molecule has 0 amide bonds. The molecule has 82 valence electrons. The Kier molecular flexibility index (Phi) is 2.52. The number of aryl methyl sites for hydroxylation is 2. The molecule has 0 aliphatic carbocycles. The van der Waals surface area contributed by atoms with Crippen LogP contribution in [-0.4, -0.2) is 9.91 Å². The minimum absolute atomic E-state index is 0.0405. The average Bonchev–Trinajstić information content (AvgIpc) is 2.19. The maximum atomic E-state index is 11.0. The summed E-state index contributed by atoms with van der Waals surface area (Å²) in [7, 11) is 0. The Bertz CT molecular complexity index is 596. The molecule has 1 aromatic heterocycles. The topological polar surface area (TPSA) is 56.0 Å². The van der Waals surface area contributed by atoms with Crippen LogP contribution in [0.25, 0.3) is 10.9 Å². The smallest absolute Gasteiger partial charge is 0.258 e. The molecule has 1 aromatic carbocycles. The van der Waals surface area contributed by atoms with Crippen LogP contribution in [0.1, 0.15) is 11.1 Å². The lowest BCUT2D eigenvalue weighted by Crippen LogP contribution is -1.96. The van der Waals surface area contributed by atoms with E-state index in [0.29, 0.717) is 21.5 Å². The van der Waals surface area contributed by atoms with Crippen LogP contribution in [0.2, 0.25) is 5.02 Å². The second-order valence-electron chi connectivity index (χ2n) is 3.63. The van der Waals surface area contributed by atoms with Crippen molar-refractivity contribution in [1.82, 2.24) is 4.98 Å². The first-order chi connectivity index (χ1) is 7.52. The lowest BCUT2D eigenvalue weighted by atomic mass is 10.0. The predicted octanol–water partition coefficient (Wildman–Crippen LogP) is 3.41. The molecule has 0 saturated carbocycles. The van der Waals surface area contributed by atoms with Gasteiger partial charge in [0.25, 0.3) is 5.69 Å². The molecular formula is C11H9ClN2O2. The Hall–Kier alpha value is -1.68. The van der Waals surface area contributed by atoms with Crippen LogP contribution < -0.4 is 0 Å². The van der Waals surface area contributed by atoms with Gasteiger partial charge in [0.1, 0.15) is 0 Å². The highest BCUT2D eigenvalue weighted by Gasteiger charge is 2.20. The Morgan fingerprint density at radius 1 is 1.38 bits per heavy atom. The van der Waals surface area contributed by atoms with E-state index in [-0.39, 0.29) is 5.69 Å². The van der Waals surface area contributed by atoms with Gasteiger partial charge < -0.3 is 0 Å². The zero-order chi connectivity index (χ0) is 11.9. The van der Waals surface area contributed by atoms with E-state index >= 15 is 0 Å². The quantitative estimate of drug-likeness (QED) is 0.563. The van der Waals surface area contributed by atoms with Gasteiger partial charge >= 0.3 is 0 Å². The molecule has 0 saturated heterocycles. The third-order valence-electron chi connectivity index (χ3n) is 2.50. The number of nitrogens with zero attached hydrogens (tertiary/aromatic N) is 2. The van der Waals surface area contributed by atoms with E-state index in [2.05, 4.69) is 4.98 Å². The zero-order valence-electron chi connectivity index (χ0n) is 8.82. The number of benzene rings is 1. The highest BCUT2D eigenvalue weighted by Crippen LogP contribution is 2.35. The molecule has 0 spiro atoms. The molecular weight excluding hydrogens is 228 g/mol. The van der Waals surface area contributed by atoms with Crippen LogP contribution in [0.5, 0.6) is 0 Å². The number of halogens is 1. The van der Waals surface area contributed by atoms with Crippen molar-refractivity contribution in [2.24, 2.45) is 0 Å². The first-order valence-electron chi connectivity index (χ1n) is 4.71. The number of nitro benzene ring substituents is 1. The van der Waals surface area contributed by atoms with Gasteiger partial charge in [0, 0.05) is 11.8 Å². The first kappa shape index (κ1) is 10.8.